The van der Waals surface area contributed by atoms with Gasteiger partial charge in [-0.2, -0.15) is 0 Å². The van der Waals surface area contributed by atoms with E-state index in [1.54, 1.807) is 0 Å². The lowest BCUT2D eigenvalue weighted by atomic mass is 10.2. The normalized spacial score (nSPS) is 18.1. The van der Waals surface area contributed by atoms with Crippen molar-refractivity contribution >= 4 is 5.96 Å². The fraction of sp³-hybridized carbons (Fsp3) is 0.917. The highest BCUT2D eigenvalue weighted by Gasteiger charge is 2.09. The summed E-state index contributed by atoms with van der Waals surface area (Å²) >= 11 is 0. The molecule has 1 fully saturated rings. The Bertz CT molecular complexity index is 239. The Balaban J connectivity index is 2.09. The van der Waals surface area contributed by atoms with Crippen LogP contribution in [-0.2, 0) is 4.74 Å². The number of guanidine groups is 1. The highest BCUT2D eigenvalue weighted by atomic mass is 16.5. The van der Waals surface area contributed by atoms with E-state index in [0.29, 0.717) is 11.9 Å². The van der Waals surface area contributed by atoms with E-state index in [9.17, 15) is 0 Å². The molecule has 0 aromatic heterocycles. The van der Waals surface area contributed by atoms with Crippen molar-refractivity contribution in [2.45, 2.75) is 20.3 Å². The third-order valence-corrected chi connectivity index (χ3v) is 2.80. The highest BCUT2D eigenvalue weighted by molar-refractivity contribution is 5.79. The minimum atomic E-state index is 0.545. The number of rotatable bonds is 6. The molecular weight excluding hydrogens is 230 g/mol. The first-order chi connectivity index (χ1) is 8.72. The van der Waals surface area contributed by atoms with Crippen molar-refractivity contribution in [1.29, 1.82) is 0 Å². The predicted molar refractivity (Wildman–Crippen MR) is 74.3 cm³/mol. The van der Waals surface area contributed by atoms with E-state index in [4.69, 9.17) is 10.6 Å². The molecule has 0 unspecified atom stereocenters. The summed E-state index contributed by atoms with van der Waals surface area (Å²) in [6.07, 6.45) is 1.09. The van der Waals surface area contributed by atoms with Crippen molar-refractivity contribution in [3.8, 4) is 0 Å². The molecule has 0 spiro atoms. The Hall–Kier alpha value is -0.850. The molecule has 0 saturated carbocycles. The maximum absolute atomic E-state index is 5.41. The van der Waals surface area contributed by atoms with E-state index in [2.05, 4.69) is 34.5 Å². The second kappa shape index (κ2) is 9.13. The molecule has 1 aliphatic heterocycles. The van der Waals surface area contributed by atoms with Crippen LogP contribution in [0.3, 0.4) is 0 Å². The molecule has 0 aromatic carbocycles. The van der Waals surface area contributed by atoms with Gasteiger partial charge in [0.2, 0.25) is 5.96 Å². The first-order valence-electron chi connectivity index (χ1n) is 6.77. The van der Waals surface area contributed by atoms with Crippen LogP contribution < -0.4 is 16.6 Å². The van der Waals surface area contributed by atoms with Crippen molar-refractivity contribution < 1.29 is 4.74 Å². The van der Waals surface area contributed by atoms with Crippen molar-refractivity contribution in [2.75, 3.05) is 45.9 Å². The lowest BCUT2D eigenvalue weighted by molar-refractivity contribution is 0.0376. The van der Waals surface area contributed by atoms with Crippen molar-refractivity contribution in [2.24, 2.45) is 16.8 Å². The van der Waals surface area contributed by atoms with Gasteiger partial charge >= 0.3 is 0 Å². The van der Waals surface area contributed by atoms with Crippen LogP contribution >= 0.6 is 0 Å². The van der Waals surface area contributed by atoms with Crippen molar-refractivity contribution in [1.82, 2.24) is 15.6 Å². The van der Waals surface area contributed by atoms with Gasteiger partial charge in [0.15, 0.2) is 0 Å². The number of hydrogen-bond acceptors (Lipinski definition) is 4. The van der Waals surface area contributed by atoms with Gasteiger partial charge < -0.3 is 10.1 Å². The average molecular weight is 257 g/mol. The van der Waals surface area contributed by atoms with E-state index in [0.717, 1.165) is 52.4 Å². The molecule has 1 rings (SSSR count). The van der Waals surface area contributed by atoms with Crippen molar-refractivity contribution in [3.05, 3.63) is 0 Å². The summed E-state index contributed by atoms with van der Waals surface area (Å²) in [6.45, 7) is 10.9. The van der Waals surface area contributed by atoms with Gasteiger partial charge in [0.05, 0.1) is 13.2 Å². The standard InChI is InChI=1S/C12H27N5O/c1-11(2)10-15-12(16-13)14-4-3-5-17-6-8-18-9-7-17/h11H,3-10,13H2,1-2H3,(H2,14,15,16). The quantitative estimate of drug-likeness (QED) is 0.202. The minimum absolute atomic E-state index is 0.545. The number of morpholine rings is 1. The molecule has 6 nitrogen and oxygen atoms in total. The van der Waals surface area contributed by atoms with Crippen LogP contribution in [0, 0.1) is 5.92 Å². The predicted octanol–water partition coefficient (Wildman–Crippen LogP) is -0.226. The molecular formula is C12H27N5O. The summed E-state index contributed by atoms with van der Waals surface area (Å²) in [5, 5.41) is 3.22. The molecule has 0 atom stereocenters. The largest absolute Gasteiger partial charge is 0.379 e. The Morgan fingerprint density at radius 3 is 2.72 bits per heavy atom. The summed E-state index contributed by atoms with van der Waals surface area (Å²) < 4.78 is 5.31. The van der Waals surface area contributed by atoms with Crippen LogP contribution in [0.4, 0.5) is 0 Å². The molecule has 4 N–H and O–H groups in total. The molecule has 0 aromatic rings. The summed E-state index contributed by atoms with van der Waals surface area (Å²) in [5.74, 6) is 6.64. The first-order valence-corrected chi connectivity index (χ1v) is 6.77. The topological polar surface area (TPSA) is 74.9 Å². The monoisotopic (exact) mass is 257 g/mol. The highest BCUT2D eigenvalue weighted by Crippen LogP contribution is 1.97. The molecule has 0 bridgehead atoms. The number of hydrogen-bond donors (Lipinski definition) is 3. The zero-order valence-electron chi connectivity index (χ0n) is 11.6. The number of ether oxygens (including phenoxy) is 1. The smallest absolute Gasteiger partial charge is 0.205 e. The lowest BCUT2D eigenvalue weighted by Crippen LogP contribution is -2.43. The maximum atomic E-state index is 5.41. The van der Waals surface area contributed by atoms with Gasteiger partial charge in [-0.25, -0.2) is 5.84 Å². The Kier molecular flexibility index (Phi) is 7.71. The Morgan fingerprint density at radius 1 is 1.39 bits per heavy atom. The first kappa shape index (κ1) is 15.2. The number of nitrogens with one attached hydrogen (secondary N) is 2. The van der Waals surface area contributed by atoms with Gasteiger partial charge in [0.1, 0.15) is 0 Å². The fourth-order valence-electron chi connectivity index (χ4n) is 1.76. The molecule has 1 aliphatic rings. The lowest BCUT2D eigenvalue weighted by Gasteiger charge is -2.26. The molecule has 6 heteroatoms. The van der Waals surface area contributed by atoms with Crippen LogP contribution in [0.25, 0.3) is 0 Å². The summed E-state index contributed by atoms with van der Waals surface area (Å²) in [7, 11) is 0. The average Bonchev–Trinajstić information content (AvgIpc) is 2.39. The second-order valence-corrected chi connectivity index (χ2v) is 4.96. The van der Waals surface area contributed by atoms with E-state index >= 15 is 0 Å². The van der Waals surface area contributed by atoms with Crippen LogP contribution in [0.5, 0.6) is 0 Å². The van der Waals surface area contributed by atoms with Gasteiger partial charge in [0.25, 0.3) is 0 Å². The fourth-order valence-corrected chi connectivity index (χ4v) is 1.76. The molecule has 1 heterocycles. The third kappa shape index (κ3) is 6.78. The molecule has 0 aliphatic carbocycles. The number of nitrogens with zero attached hydrogens (tertiary/aromatic N) is 2. The Labute approximate surface area is 110 Å². The van der Waals surface area contributed by atoms with Crippen LogP contribution in [0.15, 0.2) is 4.99 Å². The van der Waals surface area contributed by atoms with Gasteiger partial charge in [-0.05, 0) is 18.9 Å². The SMILES string of the molecule is CC(C)CN=C(NN)NCCCN1CCOCC1. The van der Waals surface area contributed by atoms with Gasteiger partial charge in [-0.1, -0.05) is 13.8 Å². The third-order valence-electron chi connectivity index (χ3n) is 2.80. The summed E-state index contributed by atoms with van der Waals surface area (Å²) in [4.78, 5) is 6.78. The molecule has 18 heavy (non-hydrogen) atoms. The minimum Gasteiger partial charge on any atom is -0.379 e. The molecule has 0 radical (unpaired) electrons. The van der Waals surface area contributed by atoms with Crippen molar-refractivity contribution in [3.63, 3.8) is 0 Å². The number of hydrazine groups is 1. The van der Waals surface area contributed by atoms with E-state index in [1.807, 2.05) is 0 Å². The Morgan fingerprint density at radius 2 is 2.11 bits per heavy atom. The van der Waals surface area contributed by atoms with E-state index < -0.39 is 0 Å². The van der Waals surface area contributed by atoms with Gasteiger partial charge in [0, 0.05) is 26.2 Å². The molecule has 106 valence electrons. The van der Waals surface area contributed by atoms with Crippen LogP contribution in [-0.4, -0.2) is 56.8 Å². The zero-order valence-corrected chi connectivity index (χ0v) is 11.6. The van der Waals surface area contributed by atoms with Gasteiger partial charge in [-0.15, -0.1) is 0 Å². The van der Waals surface area contributed by atoms with Crippen LogP contribution in [0.1, 0.15) is 20.3 Å². The second-order valence-electron chi connectivity index (χ2n) is 4.96. The van der Waals surface area contributed by atoms with E-state index in [1.165, 1.54) is 0 Å². The van der Waals surface area contributed by atoms with E-state index in [-0.39, 0.29) is 0 Å². The number of nitrogens with two attached hydrogens (primary N) is 1. The summed E-state index contributed by atoms with van der Waals surface area (Å²) in [5.41, 5.74) is 2.60. The van der Waals surface area contributed by atoms with Gasteiger partial charge in [-0.3, -0.25) is 15.3 Å². The maximum Gasteiger partial charge on any atom is 0.205 e. The summed E-state index contributed by atoms with van der Waals surface area (Å²) in [6, 6.07) is 0. The zero-order chi connectivity index (χ0) is 13.2. The molecule has 1 saturated heterocycles. The number of aliphatic imine (C=N–C) groups is 1. The van der Waals surface area contributed by atoms with Crippen LogP contribution in [0.2, 0.25) is 0 Å². The molecule has 0 amide bonds.